The van der Waals surface area contributed by atoms with Gasteiger partial charge >= 0.3 is 6.09 Å². The standard InChI is InChI=1S/C23H29N3O5/c1-15-6-11-19(30-5)18(12-15)26-21(28)14-24-20(27)13-16-7-9-17(10-8-16)25-22(29)31-23(2,3)4/h6-12H,13-14H2,1-5H3,(H,24,27)(H,25,29)(H,26,28). The first-order chi connectivity index (χ1) is 14.6. The van der Waals surface area contributed by atoms with Crippen LogP contribution in [0.2, 0.25) is 0 Å². The van der Waals surface area contributed by atoms with Gasteiger partial charge in [-0.05, 0) is 63.1 Å². The van der Waals surface area contributed by atoms with Gasteiger partial charge in [-0.1, -0.05) is 18.2 Å². The molecule has 166 valence electrons. The fourth-order valence-corrected chi connectivity index (χ4v) is 2.67. The van der Waals surface area contributed by atoms with Crippen LogP contribution in [0.25, 0.3) is 0 Å². The second-order valence-corrected chi connectivity index (χ2v) is 8.03. The third-order valence-electron chi connectivity index (χ3n) is 4.04. The molecule has 0 aliphatic carbocycles. The van der Waals surface area contributed by atoms with Crippen LogP contribution in [0.1, 0.15) is 31.9 Å². The van der Waals surface area contributed by atoms with Gasteiger partial charge in [-0.25, -0.2) is 4.79 Å². The highest BCUT2D eigenvalue weighted by Crippen LogP contribution is 2.24. The van der Waals surface area contributed by atoms with Crippen molar-refractivity contribution in [1.82, 2.24) is 5.32 Å². The molecule has 31 heavy (non-hydrogen) atoms. The zero-order chi connectivity index (χ0) is 23.0. The molecule has 2 rings (SSSR count). The average molecular weight is 428 g/mol. The highest BCUT2D eigenvalue weighted by Gasteiger charge is 2.16. The Morgan fingerprint density at radius 2 is 1.61 bits per heavy atom. The summed E-state index contributed by atoms with van der Waals surface area (Å²) in [4.78, 5) is 36.1. The van der Waals surface area contributed by atoms with E-state index in [0.717, 1.165) is 11.1 Å². The summed E-state index contributed by atoms with van der Waals surface area (Å²) in [6.07, 6.45) is -0.442. The van der Waals surface area contributed by atoms with Gasteiger partial charge < -0.3 is 20.1 Å². The van der Waals surface area contributed by atoms with Crippen LogP contribution in [-0.2, 0) is 20.7 Å². The zero-order valence-electron chi connectivity index (χ0n) is 18.5. The van der Waals surface area contributed by atoms with Gasteiger partial charge in [0, 0.05) is 5.69 Å². The minimum Gasteiger partial charge on any atom is -0.495 e. The van der Waals surface area contributed by atoms with E-state index in [2.05, 4.69) is 16.0 Å². The number of benzene rings is 2. The SMILES string of the molecule is COc1ccc(C)cc1NC(=O)CNC(=O)Cc1ccc(NC(=O)OC(C)(C)C)cc1. The topological polar surface area (TPSA) is 106 Å². The van der Waals surface area contributed by atoms with Crippen LogP contribution in [0, 0.1) is 6.92 Å². The Morgan fingerprint density at radius 3 is 2.23 bits per heavy atom. The molecule has 0 aliphatic rings. The highest BCUT2D eigenvalue weighted by molar-refractivity contribution is 5.96. The van der Waals surface area contributed by atoms with Gasteiger partial charge in [0.25, 0.3) is 0 Å². The lowest BCUT2D eigenvalue weighted by molar-refractivity contribution is -0.123. The third kappa shape index (κ3) is 8.38. The van der Waals surface area contributed by atoms with Gasteiger partial charge in [0.15, 0.2) is 0 Å². The van der Waals surface area contributed by atoms with E-state index in [1.54, 1.807) is 57.2 Å². The zero-order valence-corrected chi connectivity index (χ0v) is 18.5. The number of hydrogen-bond acceptors (Lipinski definition) is 5. The second kappa shape index (κ2) is 10.5. The monoisotopic (exact) mass is 427 g/mol. The van der Waals surface area contributed by atoms with Crippen molar-refractivity contribution >= 4 is 29.3 Å². The predicted octanol–water partition coefficient (Wildman–Crippen LogP) is 3.65. The van der Waals surface area contributed by atoms with Crippen molar-refractivity contribution in [3.63, 3.8) is 0 Å². The molecule has 0 atom stereocenters. The molecule has 0 radical (unpaired) electrons. The molecule has 8 heteroatoms. The Hall–Kier alpha value is -3.55. The Kier molecular flexibility index (Phi) is 8.01. The van der Waals surface area contributed by atoms with Crippen LogP contribution in [0.15, 0.2) is 42.5 Å². The maximum absolute atomic E-state index is 12.2. The van der Waals surface area contributed by atoms with Crippen LogP contribution in [0.4, 0.5) is 16.2 Å². The Labute approximate surface area is 182 Å². The van der Waals surface area contributed by atoms with Crippen molar-refractivity contribution in [2.24, 2.45) is 0 Å². The van der Waals surface area contributed by atoms with Gasteiger partial charge in [-0.15, -0.1) is 0 Å². The molecule has 0 saturated carbocycles. The molecular weight excluding hydrogens is 398 g/mol. The summed E-state index contributed by atoms with van der Waals surface area (Å²) in [6.45, 7) is 7.10. The number of carbonyl (C=O) groups excluding carboxylic acids is 3. The molecule has 0 saturated heterocycles. The highest BCUT2D eigenvalue weighted by atomic mass is 16.6. The fraction of sp³-hybridized carbons (Fsp3) is 0.348. The Bertz CT molecular complexity index is 933. The molecule has 0 bridgehead atoms. The predicted molar refractivity (Wildman–Crippen MR) is 119 cm³/mol. The first kappa shape index (κ1) is 23.7. The second-order valence-electron chi connectivity index (χ2n) is 8.03. The number of nitrogens with one attached hydrogen (secondary N) is 3. The van der Waals surface area contributed by atoms with Crippen LogP contribution >= 0.6 is 0 Å². The fourth-order valence-electron chi connectivity index (χ4n) is 2.67. The van der Waals surface area contributed by atoms with Gasteiger partial charge in [-0.3, -0.25) is 14.9 Å². The molecule has 0 aromatic heterocycles. The van der Waals surface area contributed by atoms with Crippen molar-refractivity contribution < 1.29 is 23.9 Å². The van der Waals surface area contributed by atoms with E-state index in [-0.39, 0.29) is 24.8 Å². The summed E-state index contributed by atoms with van der Waals surface area (Å²) < 4.78 is 10.4. The van der Waals surface area contributed by atoms with Crippen molar-refractivity contribution in [2.75, 3.05) is 24.3 Å². The molecule has 3 amide bonds. The summed E-state index contributed by atoms with van der Waals surface area (Å²) in [5.74, 6) is -0.0984. The summed E-state index contributed by atoms with van der Waals surface area (Å²) in [5, 5.41) is 7.96. The van der Waals surface area contributed by atoms with E-state index in [1.807, 2.05) is 13.0 Å². The van der Waals surface area contributed by atoms with E-state index in [9.17, 15) is 14.4 Å². The van der Waals surface area contributed by atoms with Crippen LogP contribution in [0.3, 0.4) is 0 Å². The van der Waals surface area contributed by atoms with E-state index in [0.29, 0.717) is 17.1 Å². The minimum absolute atomic E-state index is 0.105. The molecule has 0 heterocycles. The third-order valence-corrected chi connectivity index (χ3v) is 4.04. The molecule has 8 nitrogen and oxygen atoms in total. The maximum Gasteiger partial charge on any atom is 0.412 e. The Morgan fingerprint density at radius 1 is 0.935 bits per heavy atom. The summed E-state index contributed by atoms with van der Waals surface area (Å²) in [5.41, 5.74) is 2.25. The summed E-state index contributed by atoms with van der Waals surface area (Å²) in [7, 11) is 1.52. The van der Waals surface area contributed by atoms with Crippen LogP contribution in [0.5, 0.6) is 5.75 Å². The van der Waals surface area contributed by atoms with Crippen molar-refractivity contribution in [3.05, 3.63) is 53.6 Å². The quantitative estimate of drug-likeness (QED) is 0.625. The lowest BCUT2D eigenvalue weighted by Gasteiger charge is -2.19. The molecular formula is C23H29N3O5. The molecule has 0 aliphatic heterocycles. The van der Waals surface area contributed by atoms with Gasteiger partial charge in [0.2, 0.25) is 11.8 Å². The Balaban J connectivity index is 1.81. The van der Waals surface area contributed by atoms with E-state index >= 15 is 0 Å². The number of amides is 3. The smallest absolute Gasteiger partial charge is 0.412 e. The largest absolute Gasteiger partial charge is 0.495 e. The normalized spacial score (nSPS) is 10.7. The maximum atomic E-state index is 12.2. The lowest BCUT2D eigenvalue weighted by Crippen LogP contribution is -2.33. The minimum atomic E-state index is -0.584. The summed E-state index contributed by atoms with van der Waals surface area (Å²) in [6, 6.07) is 12.3. The first-order valence-corrected chi connectivity index (χ1v) is 9.86. The molecule has 3 N–H and O–H groups in total. The molecule has 0 spiro atoms. The molecule has 0 unspecified atom stereocenters. The number of hydrogen-bond donors (Lipinski definition) is 3. The first-order valence-electron chi connectivity index (χ1n) is 9.86. The van der Waals surface area contributed by atoms with E-state index in [4.69, 9.17) is 9.47 Å². The van der Waals surface area contributed by atoms with Crippen molar-refractivity contribution in [3.8, 4) is 5.75 Å². The van der Waals surface area contributed by atoms with Crippen LogP contribution in [-0.4, -0.2) is 37.2 Å². The number of anilines is 2. The van der Waals surface area contributed by atoms with Crippen molar-refractivity contribution in [2.45, 2.75) is 39.7 Å². The van der Waals surface area contributed by atoms with Gasteiger partial charge in [-0.2, -0.15) is 0 Å². The summed E-state index contributed by atoms with van der Waals surface area (Å²) >= 11 is 0. The average Bonchev–Trinajstić information content (AvgIpc) is 2.67. The number of ether oxygens (including phenoxy) is 2. The molecule has 0 fully saturated rings. The number of rotatable bonds is 7. The van der Waals surface area contributed by atoms with Gasteiger partial charge in [0.05, 0.1) is 25.8 Å². The van der Waals surface area contributed by atoms with Crippen molar-refractivity contribution in [1.29, 1.82) is 0 Å². The molecule has 2 aromatic rings. The number of carbonyl (C=O) groups is 3. The van der Waals surface area contributed by atoms with Crippen LogP contribution < -0.4 is 20.7 Å². The van der Waals surface area contributed by atoms with E-state index in [1.165, 1.54) is 7.11 Å². The number of aryl methyl sites for hydroxylation is 1. The number of methoxy groups -OCH3 is 1. The molecule has 2 aromatic carbocycles. The lowest BCUT2D eigenvalue weighted by atomic mass is 10.1. The van der Waals surface area contributed by atoms with E-state index < -0.39 is 11.7 Å². The van der Waals surface area contributed by atoms with Gasteiger partial charge in [0.1, 0.15) is 11.4 Å².